The van der Waals surface area contributed by atoms with Crippen molar-refractivity contribution in [1.29, 1.82) is 0 Å². The number of likely N-dealkylation sites (tertiary alicyclic amines) is 1. The summed E-state index contributed by atoms with van der Waals surface area (Å²) in [4.78, 5) is 26.2. The van der Waals surface area contributed by atoms with E-state index in [-0.39, 0.29) is 11.9 Å². The largest absolute Gasteiger partial charge is 0.496 e. The molecule has 0 atom stereocenters. The predicted octanol–water partition coefficient (Wildman–Crippen LogP) is 3.57. The molecule has 0 radical (unpaired) electrons. The first kappa shape index (κ1) is 19.7. The van der Waals surface area contributed by atoms with Crippen LogP contribution in [0.15, 0.2) is 48.5 Å². The molecule has 3 amide bonds. The topological polar surface area (TPSA) is 70.7 Å². The molecule has 0 bridgehead atoms. The van der Waals surface area contributed by atoms with Gasteiger partial charge in [0.25, 0.3) is 0 Å². The monoisotopic (exact) mass is 381 g/mol. The highest BCUT2D eigenvalue weighted by Gasteiger charge is 2.17. The molecule has 6 nitrogen and oxygen atoms in total. The maximum absolute atomic E-state index is 12.2. The molecule has 1 aliphatic heterocycles. The number of nitrogens with zero attached hydrogens (tertiary/aromatic N) is 1. The maximum atomic E-state index is 12.2. The second kappa shape index (κ2) is 9.78. The zero-order valence-electron chi connectivity index (χ0n) is 16.2. The number of urea groups is 1. The highest BCUT2D eigenvalue weighted by atomic mass is 16.5. The van der Waals surface area contributed by atoms with Crippen LogP contribution in [0.5, 0.6) is 5.75 Å². The molecule has 0 aromatic heterocycles. The van der Waals surface area contributed by atoms with E-state index in [1.807, 2.05) is 53.4 Å². The standard InChI is InChI=1S/C22H27N3O3/c1-28-20-10-3-2-8-18(20)11-12-21(26)23-16-17-7-6-9-19(15-17)24-22(27)25-13-4-5-14-25/h2-3,6-10,15H,4-5,11-14,16H2,1H3,(H,23,26)(H,24,27). The lowest BCUT2D eigenvalue weighted by Crippen LogP contribution is -2.32. The van der Waals surface area contributed by atoms with Crippen LogP contribution in [0.2, 0.25) is 0 Å². The molecule has 0 saturated carbocycles. The minimum Gasteiger partial charge on any atom is -0.496 e. The number of ether oxygens (including phenoxy) is 1. The lowest BCUT2D eigenvalue weighted by atomic mass is 10.1. The number of methoxy groups -OCH3 is 1. The van der Waals surface area contributed by atoms with E-state index in [1.165, 1.54) is 0 Å². The second-order valence-corrected chi connectivity index (χ2v) is 6.91. The first-order valence-electron chi connectivity index (χ1n) is 9.69. The van der Waals surface area contributed by atoms with Gasteiger partial charge in [0.15, 0.2) is 0 Å². The van der Waals surface area contributed by atoms with Crippen LogP contribution in [0.25, 0.3) is 0 Å². The number of carbonyl (C=O) groups excluding carboxylic acids is 2. The van der Waals surface area contributed by atoms with Gasteiger partial charge in [-0.25, -0.2) is 4.79 Å². The van der Waals surface area contributed by atoms with E-state index in [9.17, 15) is 9.59 Å². The third kappa shape index (κ3) is 5.49. The molecule has 0 spiro atoms. The highest BCUT2D eigenvalue weighted by Crippen LogP contribution is 2.19. The van der Waals surface area contributed by atoms with Gasteiger partial charge in [-0.1, -0.05) is 30.3 Å². The van der Waals surface area contributed by atoms with Crippen LogP contribution in [-0.4, -0.2) is 37.0 Å². The summed E-state index contributed by atoms with van der Waals surface area (Å²) in [5.41, 5.74) is 2.72. The third-order valence-corrected chi connectivity index (χ3v) is 4.88. The van der Waals surface area contributed by atoms with Gasteiger partial charge in [0.2, 0.25) is 5.91 Å². The molecular formula is C22H27N3O3. The quantitative estimate of drug-likeness (QED) is 0.770. The van der Waals surface area contributed by atoms with Crippen molar-refractivity contribution in [1.82, 2.24) is 10.2 Å². The summed E-state index contributed by atoms with van der Waals surface area (Å²) in [7, 11) is 1.63. The Morgan fingerprint density at radius 2 is 1.86 bits per heavy atom. The van der Waals surface area contributed by atoms with Gasteiger partial charge in [-0.2, -0.15) is 0 Å². The van der Waals surface area contributed by atoms with Crippen molar-refractivity contribution in [2.45, 2.75) is 32.2 Å². The second-order valence-electron chi connectivity index (χ2n) is 6.91. The van der Waals surface area contributed by atoms with Gasteiger partial charge in [0, 0.05) is 31.7 Å². The lowest BCUT2D eigenvalue weighted by molar-refractivity contribution is -0.121. The summed E-state index contributed by atoms with van der Waals surface area (Å²) in [6.07, 6.45) is 3.15. The summed E-state index contributed by atoms with van der Waals surface area (Å²) in [6, 6.07) is 15.2. The fourth-order valence-corrected chi connectivity index (χ4v) is 3.33. The Morgan fingerprint density at radius 3 is 2.64 bits per heavy atom. The molecule has 28 heavy (non-hydrogen) atoms. The number of anilines is 1. The Bertz CT molecular complexity index is 816. The van der Waals surface area contributed by atoms with Crippen LogP contribution >= 0.6 is 0 Å². The van der Waals surface area contributed by atoms with Crippen molar-refractivity contribution < 1.29 is 14.3 Å². The average Bonchev–Trinajstić information content (AvgIpc) is 3.26. The molecule has 1 saturated heterocycles. The molecular weight excluding hydrogens is 354 g/mol. The van der Waals surface area contributed by atoms with E-state index in [0.717, 1.165) is 48.5 Å². The number of hydrogen-bond acceptors (Lipinski definition) is 3. The fourth-order valence-electron chi connectivity index (χ4n) is 3.33. The van der Waals surface area contributed by atoms with Gasteiger partial charge in [-0.3, -0.25) is 4.79 Å². The Hall–Kier alpha value is -3.02. The summed E-state index contributed by atoms with van der Waals surface area (Å²) in [6.45, 7) is 2.06. The van der Waals surface area contributed by atoms with Crippen LogP contribution in [0, 0.1) is 0 Å². The molecule has 0 aliphatic carbocycles. The minimum absolute atomic E-state index is 0.0163. The number of benzene rings is 2. The number of hydrogen-bond donors (Lipinski definition) is 2. The molecule has 2 aromatic rings. The SMILES string of the molecule is COc1ccccc1CCC(=O)NCc1cccc(NC(=O)N2CCCC2)c1. The van der Waals surface area contributed by atoms with Gasteiger partial charge in [-0.05, 0) is 48.6 Å². The smallest absolute Gasteiger partial charge is 0.321 e. The van der Waals surface area contributed by atoms with Gasteiger partial charge >= 0.3 is 6.03 Å². The highest BCUT2D eigenvalue weighted by molar-refractivity contribution is 5.89. The number of para-hydroxylation sites is 1. The van der Waals surface area contributed by atoms with Crippen molar-refractivity contribution in [3.8, 4) is 5.75 Å². The average molecular weight is 381 g/mol. The summed E-state index contributed by atoms with van der Waals surface area (Å²) < 4.78 is 5.32. The molecule has 1 fully saturated rings. The van der Waals surface area contributed by atoms with Crippen LogP contribution < -0.4 is 15.4 Å². The zero-order chi connectivity index (χ0) is 19.8. The number of aryl methyl sites for hydroxylation is 1. The number of nitrogens with one attached hydrogen (secondary N) is 2. The number of rotatable bonds is 7. The van der Waals surface area contributed by atoms with Crippen LogP contribution in [0.3, 0.4) is 0 Å². The van der Waals surface area contributed by atoms with Crippen molar-refractivity contribution in [3.63, 3.8) is 0 Å². The van der Waals surface area contributed by atoms with Gasteiger partial charge in [0.1, 0.15) is 5.75 Å². The molecule has 1 aliphatic rings. The van der Waals surface area contributed by atoms with E-state index in [1.54, 1.807) is 7.11 Å². The molecule has 6 heteroatoms. The Kier molecular flexibility index (Phi) is 6.89. The van der Waals surface area contributed by atoms with Gasteiger partial charge in [-0.15, -0.1) is 0 Å². The van der Waals surface area contributed by atoms with Crippen LogP contribution in [0.1, 0.15) is 30.4 Å². The Morgan fingerprint density at radius 1 is 1.07 bits per heavy atom. The van der Waals surface area contributed by atoms with E-state index in [4.69, 9.17) is 4.74 Å². The number of carbonyl (C=O) groups is 2. The summed E-state index contributed by atoms with van der Waals surface area (Å²) in [5.74, 6) is 0.786. The fraction of sp³-hybridized carbons (Fsp3) is 0.364. The van der Waals surface area contributed by atoms with Crippen molar-refractivity contribution in [2.75, 3.05) is 25.5 Å². The van der Waals surface area contributed by atoms with E-state index in [0.29, 0.717) is 19.4 Å². The van der Waals surface area contributed by atoms with Crippen LogP contribution in [0.4, 0.5) is 10.5 Å². The molecule has 2 aromatic carbocycles. The van der Waals surface area contributed by atoms with E-state index in [2.05, 4.69) is 10.6 Å². The van der Waals surface area contributed by atoms with Crippen molar-refractivity contribution in [2.24, 2.45) is 0 Å². The Balaban J connectivity index is 1.47. The van der Waals surface area contributed by atoms with Crippen LogP contribution in [-0.2, 0) is 17.8 Å². The van der Waals surface area contributed by atoms with E-state index >= 15 is 0 Å². The normalized spacial score (nSPS) is 13.2. The van der Waals surface area contributed by atoms with Crippen molar-refractivity contribution in [3.05, 3.63) is 59.7 Å². The first-order chi connectivity index (χ1) is 13.7. The predicted molar refractivity (Wildman–Crippen MR) is 109 cm³/mol. The maximum Gasteiger partial charge on any atom is 0.321 e. The first-order valence-corrected chi connectivity index (χ1v) is 9.69. The zero-order valence-corrected chi connectivity index (χ0v) is 16.2. The third-order valence-electron chi connectivity index (χ3n) is 4.88. The lowest BCUT2D eigenvalue weighted by Gasteiger charge is -2.16. The van der Waals surface area contributed by atoms with Crippen molar-refractivity contribution >= 4 is 17.6 Å². The van der Waals surface area contributed by atoms with Gasteiger partial charge in [0.05, 0.1) is 7.11 Å². The minimum atomic E-state index is -0.0597. The van der Waals surface area contributed by atoms with Gasteiger partial charge < -0.3 is 20.3 Å². The summed E-state index contributed by atoms with van der Waals surface area (Å²) in [5, 5.41) is 5.87. The summed E-state index contributed by atoms with van der Waals surface area (Å²) >= 11 is 0. The number of amides is 3. The molecule has 1 heterocycles. The Labute approximate surface area is 165 Å². The molecule has 3 rings (SSSR count). The molecule has 0 unspecified atom stereocenters. The molecule has 2 N–H and O–H groups in total. The van der Waals surface area contributed by atoms with E-state index < -0.39 is 0 Å². The molecule has 148 valence electrons.